The molecule has 1 aliphatic heterocycles. The summed E-state index contributed by atoms with van der Waals surface area (Å²) >= 11 is 0. The lowest BCUT2D eigenvalue weighted by atomic mass is 10.1. The topological polar surface area (TPSA) is 49.4 Å². The molecular weight excluding hydrogens is 259 g/mol. The predicted octanol–water partition coefficient (Wildman–Crippen LogP) is 1.77. The molecule has 5 heteroatoms. The number of hydrogen-bond donors (Lipinski definition) is 1. The van der Waals surface area contributed by atoms with Gasteiger partial charge < -0.3 is 10.2 Å². The third kappa shape index (κ3) is 2.40. The Morgan fingerprint density at radius 1 is 1.30 bits per heavy atom. The van der Waals surface area contributed by atoms with Gasteiger partial charge in [-0.15, -0.1) is 0 Å². The fourth-order valence-corrected chi connectivity index (χ4v) is 2.60. The molecule has 1 saturated carbocycles. The van der Waals surface area contributed by atoms with E-state index in [1.165, 1.54) is 6.07 Å². The third-order valence-corrected chi connectivity index (χ3v) is 3.96. The Labute approximate surface area is 117 Å². The fraction of sp³-hybridized carbons (Fsp3) is 0.467. The quantitative estimate of drug-likeness (QED) is 0.895. The summed E-state index contributed by atoms with van der Waals surface area (Å²) in [6.45, 7) is 2.02. The van der Waals surface area contributed by atoms with Gasteiger partial charge in [0.25, 0.3) is 0 Å². The van der Waals surface area contributed by atoms with Crippen LogP contribution in [0.25, 0.3) is 0 Å². The highest BCUT2D eigenvalue weighted by Gasteiger charge is 2.41. The summed E-state index contributed by atoms with van der Waals surface area (Å²) in [5.41, 5.74) is 1.16. The van der Waals surface area contributed by atoms with Crippen LogP contribution in [0, 0.1) is 18.7 Å². The number of aryl methyl sites for hydroxylation is 1. The van der Waals surface area contributed by atoms with Crippen molar-refractivity contribution >= 4 is 17.5 Å². The molecule has 2 aliphatic rings. The maximum Gasteiger partial charge on any atom is 0.249 e. The Morgan fingerprint density at radius 3 is 2.70 bits per heavy atom. The van der Waals surface area contributed by atoms with Gasteiger partial charge in [-0.1, -0.05) is 0 Å². The summed E-state index contributed by atoms with van der Waals surface area (Å²) in [6.07, 6.45) is 2.24. The number of nitrogens with zero attached hydrogens (tertiary/aromatic N) is 1. The molecule has 1 atom stereocenters. The Kier molecular flexibility index (Phi) is 3.20. The molecule has 106 valence electrons. The molecule has 20 heavy (non-hydrogen) atoms. The molecule has 1 unspecified atom stereocenters. The molecular formula is C15H17FN2O2. The van der Waals surface area contributed by atoms with Crippen LogP contribution in [0.3, 0.4) is 0 Å². The number of benzene rings is 1. The van der Waals surface area contributed by atoms with Gasteiger partial charge >= 0.3 is 0 Å². The van der Waals surface area contributed by atoms with Gasteiger partial charge in [-0.2, -0.15) is 0 Å². The molecule has 1 aromatic carbocycles. The highest BCUT2D eigenvalue weighted by atomic mass is 19.1. The Balaban J connectivity index is 1.91. The first-order valence-electron chi connectivity index (χ1n) is 6.93. The largest absolute Gasteiger partial charge is 0.344 e. The number of carbonyl (C=O) groups excluding carboxylic acids is 2. The lowest BCUT2D eigenvalue weighted by Crippen LogP contribution is -2.46. The molecule has 3 rings (SSSR count). The van der Waals surface area contributed by atoms with Crippen molar-refractivity contribution in [2.45, 2.75) is 32.2 Å². The van der Waals surface area contributed by atoms with Crippen LogP contribution in [-0.2, 0) is 9.59 Å². The van der Waals surface area contributed by atoms with E-state index in [2.05, 4.69) is 5.32 Å². The van der Waals surface area contributed by atoms with Crippen LogP contribution in [0.2, 0.25) is 0 Å². The van der Waals surface area contributed by atoms with Crippen LogP contribution in [0.15, 0.2) is 18.2 Å². The van der Waals surface area contributed by atoms with Crippen LogP contribution < -0.4 is 10.2 Å². The Morgan fingerprint density at radius 2 is 2.05 bits per heavy atom. The van der Waals surface area contributed by atoms with Crippen molar-refractivity contribution in [3.63, 3.8) is 0 Å². The number of amides is 2. The maximum absolute atomic E-state index is 13.4. The molecule has 2 fully saturated rings. The zero-order valence-corrected chi connectivity index (χ0v) is 11.4. The van der Waals surface area contributed by atoms with Gasteiger partial charge in [0.2, 0.25) is 11.8 Å². The van der Waals surface area contributed by atoms with Crippen molar-refractivity contribution in [2.24, 2.45) is 5.92 Å². The van der Waals surface area contributed by atoms with E-state index in [0.29, 0.717) is 17.8 Å². The van der Waals surface area contributed by atoms with E-state index in [1.54, 1.807) is 24.0 Å². The van der Waals surface area contributed by atoms with E-state index in [1.807, 2.05) is 0 Å². The number of carbonyl (C=O) groups is 2. The second kappa shape index (κ2) is 4.89. The lowest BCUT2D eigenvalue weighted by Gasteiger charge is -2.24. The number of hydrogen-bond acceptors (Lipinski definition) is 2. The molecule has 1 aliphatic carbocycles. The monoisotopic (exact) mass is 276 g/mol. The molecule has 2 amide bonds. The highest BCUT2D eigenvalue weighted by Crippen LogP contribution is 2.35. The minimum Gasteiger partial charge on any atom is -0.344 e. The minimum absolute atomic E-state index is 0.0793. The molecule has 1 saturated heterocycles. The molecule has 4 nitrogen and oxygen atoms in total. The summed E-state index contributed by atoms with van der Waals surface area (Å²) < 4.78 is 13.4. The highest BCUT2D eigenvalue weighted by molar-refractivity contribution is 6.01. The lowest BCUT2D eigenvalue weighted by molar-refractivity contribution is -0.126. The first kappa shape index (κ1) is 13.1. The first-order chi connectivity index (χ1) is 9.56. The Hall–Kier alpha value is -1.91. The molecule has 0 bridgehead atoms. The van der Waals surface area contributed by atoms with Crippen molar-refractivity contribution < 1.29 is 14.0 Å². The van der Waals surface area contributed by atoms with Crippen LogP contribution >= 0.6 is 0 Å². The van der Waals surface area contributed by atoms with E-state index in [-0.39, 0.29) is 30.0 Å². The summed E-state index contributed by atoms with van der Waals surface area (Å²) in [5.74, 6) is -0.196. The van der Waals surface area contributed by atoms with Crippen molar-refractivity contribution in [1.82, 2.24) is 5.32 Å². The van der Waals surface area contributed by atoms with E-state index in [4.69, 9.17) is 0 Å². The van der Waals surface area contributed by atoms with Gasteiger partial charge in [0, 0.05) is 18.7 Å². The molecule has 1 heterocycles. The molecule has 0 spiro atoms. The van der Waals surface area contributed by atoms with Gasteiger partial charge in [-0.05, 0) is 49.4 Å². The molecule has 0 radical (unpaired) electrons. The average Bonchev–Trinajstić information content (AvgIpc) is 3.23. The number of halogens is 1. The predicted molar refractivity (Wildman–Crippen MR) is 72.8 cm³/mol. The van der Waals surface area contributed by atoms with Gasteiger partial charge in [-0.25, -0.2) is 4.39 Å². The number of anilines is 1. The average molecular weight is 276 g/mol. The number of rotatable bonds is 2. The van der Waals surface area contributed by atoms with E-state index >= 15 is 0 Å². The zero-order chi connectivity index (χ0) is 14.3. The SMILES string of the molecule is Cc1cc(N2CCC(=O)NC(C3CC3)C2=O)ccc1F. The van der Waals surface area contributed by atoms with Gasteiger partial charge in [0.1, 0.15) is 11.9 Å². The first-order valence-corrected chi connectivity index (χ1v) is 6.93. The molecule has 1 aromatic rings. The normalized spacial score (nSPS) is 23.5. The zero-order valence-electron chi connectivity index (χ0n) is 11.4. The van der Waals surface area contributed by atoms with Crippen LogP contribution in [0.5, 0.6) is 0 Å². The molecule has 0 aromatic heterocycles. The summed E-state index contributed by atoms with van der Waals surface area (Å²) in [7, 11) is 0. The van der Waals surface area contributed by atoms with E-state index in [0.717, 1.165) is 12.8 Å². The maximum atomic E-state index is 13.4. The van der Waals surface area contributed by atoms with E-state index in [9.17, 15) is 14.0 Å². The second-order valence-corrected chi connectivity index (χ2v) is 5.56. The van der Waals surface area contributed by atoms with Crippen molar-refractivity contribution in [2.75, 3.05) is 11.4 Å². The summed E-state index contributed by atoms with van der Waals surface area (Å²) in [5, 5.41) is 2.81. The second-order valence-electron chi connectivity index (χ2n) is 5.56. The third-order valence-electron chi connectivity index (χ3n) is 3.96. The van der Waals surface area contributed by atoms with Gasteiger partial charge in [0.05, 0.1) is 0 Å². The standard InChI is InChI=1S/C15H17FN2O2/c1-9-8-11(4-5-12(9)16)18-7-6-13(19)17-14(15(18)20)10-2-3-10/h4-5,8,10,14H,2-3,6-7H2,1H3,(H,17,19). The van der Waals surface area contributed by atoms with E-state index < -0.39 is 6.04 Å². The van der Waals surface area contributed by atoms with Gasteiger partial charge in [-0.3, -0.25) is 9.59 Å². The molecule has 1 N–H and O–H groups in total. The van der Waals surface area contributed by atoms with Crippen molar-refractivity contribution in [3.8, 4) is 0 Å². The Bertz CT molecular complexity index is 569. The van der Waals surface area contributed by atoms with Crippen LogP contribution in [-0.4, -0.2) is 24.4 Å². The summed E-state index contributed by atoms with van der Waals surface area (Å²) in [6, 6.07) is 4.20. The smallest absolute Gasteiger partial charge is 0.249 e. The summed E-state index contributed by atoms with van der Waals surface area (Å²) in [4.78, 5) is 25.9. The van der Waals surface area contributed by atoms with Crippen molar-refractivity contribution in [1.29, 1.82) is 0 Å². The van der Waals surface area contributed by atoms with Crippen LogP contribution in [0.4, 0.5) is 10.1 Å². The fourth-order valence-electron chi connectivity index (χ4n) is 2.60. The van der Waals surface area contributed by atoms with Gasteiger partial charge in [0.15, 0.2) is 0 Å². The minimum atomic E-state index is -0.421. The van der Waals surface area contributed by atoms with Crippen LogP contribution in [0.1, 0.15) is 24.8 Å². The number of nitrogens with one attached hydrogen (secondary N) is 1. The van der Waals surface area contributed by atoms with Crippen molar-refractivity contribution in [3.05, 3.63) is 29.6 Å².